The molecular weight excluding hydrogens is 228 g/mol. The van der Waals surface area contributed by atoms with E-state index in [1.807, 2.05) is 0 Å². The van der Waals surface area contributed by atoms with Gasteiger partial charge in [-0.15, -0.1) is 0 Å². The number of hydrogen-bond donors (Lipinski definition) is 0. The molecule has 1 fully saturated rings. The Morgan fingerprint density at radius 1 is 1.24 bits per heavy atom. The number of carbonyl (C=O) groups excluding carboxylic acids is 1. The summed E-state index contributed by atoms with van der Waals surface area (Å²) in [6, 6.07) is 0. The molecule has 0 aliphatic heterocycles. The average molecular weight is 256 g/mol. The number of aldehydes is 1. The predicted molar refractivity (Wildman–Crippen MR) is 74.7 cm³/mol. The van der Waals surface area contributed by atoms with Crippen LogP contribution < -0.4 is 0 Å². The van der Waals surface area contributed by atoms with Gasteiger partial charge in [-0.2, -0.15) is 0 Å². The maximum absolute atomic E-state index is 10.7. The lowest BCUT2D eigenvalue weighted by Gasteiger charge is -2.42. The SMILES string of the molecule is CC(C)(C)[Si](C)(C)O[C@H]1CCCC[C@@H]1CC=O. The van der Waals surface area contributed by atoms with E-state index >= 15 is 0 Å². The average Bonchev–Trinajstić information content (AvgIpc) is 2.19. The summed E-state index contributed by atoms with van der Waals surface area (Å²) in [7, 11) is -1.68. The van der Waals surface area contributed by atoms with E-state index < -0.39 is 8.32 Å². The minimum atomic E-state index is -1.68. The summed E-state index contributed by atoms with van der Waals surface area (Å²) in [6.45, 7) is 11.4. The zero-order valence-electron chi connectivity index (χ0n) is 12.1. The van der Waals surface area contributed by atoms with Gasteiger partial charge in [0.1, 0.15) is 6.29 Å². The molecule has 1 saturated carbocycles. The van der Waals surface area contributed by atoms with Crippen LogP contribution in [-0.4, -0.2) is 20.7 Å². The van der Waals surface area contributed by atoms with Crippen molar-refractivity contribution in [1.82, 2.24) is 0 Å². The van der Waals surface area contributed by atoms with E-state index in [4.69, 9.17) is 4.43 Å². The third kappa shape index (κ3) is 3.92. The number of hydrogen-bond acceptors (Lipinski definition) is 2. The first kappa shape index (κ1) is 14.9. The Labute approximate surface area is 107 Å². The highest BCUT2D eigenvalue weighted by Crippen LogP contribution is 2.40. The lowest BCUT2D eigenvalue weighted by atomic mass is 9.85. The summed E-state index contributed by atoms with van der Waals surface area (Å²) in [5.74, 6) is 0.468. The molecule has 1 aliphatic carbocycles. The largest absolute Gasteiger partial charge is 0.414 e. The van der Waals surface area contributed by atoms with Gasteiger partial charge in [-0.25, -0.2) is 0 Å². The molecule has 17 heavy (non-hydrogen) atoms. The van der Waals surface area contributed by atoms with Gasteiger partial charge in [0.05, 0.1) is 0 Å². The second kappa shape index (κ2) is 5.66. The van der Waals surface area contributed by atoms with Crippen LogP contribution in [0.25, 0.3) is 0 Å². The van der Waals surface area contributed by atoms with E-state index in [1.165, 1.54) is 12.8 Å². The normalized spacial score (nSPS) is 26.9. The van der Waals surface area contributed by atoms with Crippen molar-refractivity contribution in [2.45, 2.75) is 77.1 Å². The Balaban J connectivity index is 2.67. The standard InChI is InChI=1S/C14H28O2Si/c1-14(2,3)17(4,5)16-13-9-7-6-8-12(13)10-11-15/h11-13H,6-10H2,1-5H3/t12-,13+/m1/s1. The van der Waals surface area contributed by atoms with Crippen LogP contribution >= 0.6 is 0 Å². The smallest absolute Gasteiger partial charge is 0.192 e. The van der Waals surface area contributed by atoms with E-state index in [2.05, 4.69) is 33.9 Å². The molecule has 2 nitrogen and oxygen atoms in total. The lowest BCUT2D eigenvalue weighted by molar-refractivity contribution is -0.109. The van der Waals surface area contributed by atoms with Crippen molar-refractivity contribution < 1.29 is 9.22 Å². The molecule has 1 rings (SSSR count). The van der Waals surface area contributed by atoms with E-state index in [-0.39, 0.29) is 5.04 Å². The third-order valence-electron chi connectivity index (χ3n) is 4.49. The van der Waals surface area contributed by atoms with Crippen molar-refractivity contribution >= 4 is 14.6 Å². The molecule has 0 radical (unpaired) electrons. The van der Waals surface area contributed by atoms with Gasteiger partial charge in [-0.05, 0) is 36.9 Å². The van der Waals surface area contributed by atoms with Crippen LogP contribution in [0.1, 0.15) is 52.9 Å². The minimum absolute atomic E-state index is 0.260. The van der Waals surface area contributed by atoms with Crippen LogP contribution in [0.4, 0.5) is 0 Å². The van der Waals surface area contributed by atoms with Crippen LogP contribution in [0, 0.1) is 5.92 Å². The maximum Gasteiger partial charge on any atom is 0.192 e. The monoisotopic (exact) mass is 256 g/mol. The first-order chi connectivity index (χ1) is 7.78. The highest BCUT2D eigenvalue weighted by molar-refractivity contribution is 6.74. The molecule has 0 aromatic rings. The molecule has 0 spiro atoms. The summed E-state index contributed by atoms with van der Waals surface area (Å²) < 4.78 is 6.49. The third-order valence-corrected chi connectivity index (χ3v) is 8.99. The Morgan fingerprint density at radius 2 is 1.82 bits per heavy atom. The molecular formula is C14H28O2Si. The summed E-state index contributed by atoms with van der Waals surface area (Å²) in [5, 5.41) is 0.260. The molecule has 0 aromatic carbocycles. The van der Waals surface area contributed by atoms with Gasteiger partial charge in [0.15, 0.2) is 8.32 Å². The number of rotatable bonds is 4. The van der Waals surface area contributed by atoms with E-state index in [0.29, 0.717) is 18.4 Å². The summed E-state index contributed by atoms with van der Waals surface area (Å²) in [4.78, 5) is 10.7. The van der Waals surface area contributed by atoms with Crippen LogP contribution in [0.5, 0.6) is 0 Å². The molecule has 0 unspecified atom stereocenters. The Kier molecular flexibility index (Phi) is 4.96. The second-order valence-corrected chi connectivity index (χ2v) is 11.6. The number of carbonyl (C=O) groups is 1. The molecule has 1 aliphatic rings. The fourth-order valence-electron chi connectivity index (χ4n) is 2.28. The molecule has 0 N–H and O–H groups in total. The predicted octanol–water partition coefficient (Wildman–Crippen LogP) is 4.16. The van der Waals surface area contributed by atoms with E-state index in [1.54, 1.807) is 0 Å². The van der Waals surface area contributed by atoms with Crippen molar-refractivity contribution in [3.63, 3.8) is 0 Å². The van der Waals surface area contributed by atoms with Gasteiger partial charge in [0.2, 0.25) is 0 Å². The Bertz CT molecular complexity index is 255. The van der Waals surface area contributed by atoms with Crippen molar-refractivity contribution in [3.8, 4) is 0 Å². The zero-order chi connectivity index (χ0) is 13.1. The summed E-state index contributed by atoms with van der Waals surface area (Å²) in [5.41, 5.74) is 0. The van der Waals surface area contributed by atoms with Gasteiger partial charge in [-0.3, -0.25) is 0 Å². The van der Waals surface area contributed by atoms with Gasteiger partial charge in [-0.1, -0.05) is 33.6 Å². The molecule has 3 heteroatoms. The molecule has 0 amide bonds. The van der Waals surface area contributed by atoms with E-state index in [9.17, 15) is 4.79 Å². The second-order valence-electron chi connectivity index (χ2n) is 6.86. The minimum Gasteiger partial charge on any atom is -0.414 e. The zero-order valence-corrected chi connectivity index (χ0v) is 13.1. The van der Waals surface area contributed by atoms with Crippen molar-refractivity contribution in [2.24, 2.45) is 5.92 Å². The Hall–Kier alpha value is -0.153. The molecule has 0 bridgehead atoms. The van der Waals surface area contributed by atoms with Crippen LogP contribution in [0.3, 0.4) is 0 Å². The Morgan fingerprint density at radius 3 is 2.35 bits per heavy atom. The van der Waals surface area contributed by atoms with Crippen LogP contribution in [-0.2, 0) is 9.22 Å². The van der Waals surface area contributed by atoms with Crippen LogP contribution in [0.2, 0.25) is 18.1 Å². The summed E-state index contributed by atoms with van der Waals surface area (Å²) >= 11 is 0. The lowest BCUT2D eigenvalue weighted by Crippen LogP contribution is -2.46. The first-order valence-electron chi connectivity index (χ1n) is 6.89. The van der Waals surface area contributed by atoms with Crippen molar-refractivity contribution in [2.75, 3.05) is 0 Å². The van der Waals surface area contributed by atoms with Gasteiger partial charge < -0.3 is 9.22 Å². The van der Waals surface area contributed by atoms with Gasteiger partial charge >= 0.3 is 0 Å². The highest BCUT2D eigenvalue weighted by Gasteiger charge is 2.41. The van der Waals surface area contributed by atoms with Crippen LogP contribution in [0.15, 0.2) is 0 Å². The fraction of sp³-hybridized carbons (Fsp3) is 0.929. The highest BCUT2D eigenvalue weighted by atomic mass is 28.4. The van der Waals surface area contributed by atoms with Gasteiger partial charge in [0, 0.05) is 12.5 Å². The molecule has 0 saturated heterocycles. The molecule has 0 heterocycles. The quantitative estimate of drug-likeness (QED) is 0.558. The fourth-order valence-corrected chi connectivity index (χ4v) is 3.70. The molecule has 0 aromatic heterocycles. The molecule has 100 valence electrons. The van der Waals surface area contributed by atoms with E-state index in [0.717, 1.165) is 19.1 Å². The summed E-state index contributed by atoms with van der Waals surface area (Å²) in [6.07, 6.45) is 6.90. The molecule has 2 atom stereocenters. The van der Waals surface area contributed by atoms with Crippen molar-refractivity contribution in [3.05, 3.63) is 0 Å². The topological polar surface area (TPSA) is 26.3 Å². The van der Waals surface area contributed by atoms with Crippen molar-refractivity contribution in [1.29, 1.82) is 0 Å². The first-order valence-corrected chi connectivity index (χ1v) is 9.80. The maximum atomic E-state index is 10.7. The van der Waals surface area contributed by atoms with Gasteiger partial charge in [0.25, 0.3) is 0 Å².